The first-order valence-electron chi connectivity index (χ1n) is 8.08. The third-order valence-electron chi connectivity index (χ3n) is 3.72. The lowest BCUT2D eigenvalue weighted by Gasteiger charge is -2.16. The first-order chi connectivity index (χ1) is 13.3. The van der Waals surface area contributed by atoms with Gasteiger partial charge in [-0.3, -0.25) is 4.79 Å². The van der Waals surface area contributed by atoms with Crippen LogP contribution >= 0.6 is 0 Å². The van der Waals surface area contributed by atoms with E-state index in [2.05, 4.69) is 45.5 Å². The highest BCUT2D eigenvalue weighted by Crippen LogP contribution is 2.24. The monoisotopic (exact) mass is 386 g/mol. The van der Waals surface area contributed by atoms with Gasteiger partial charge >= 0.3 is 0 Å². The molecule has 13 nitrogen and oxygen atoms in total. The highest BCUT2D eigenvalue weighted by molar-refractivity contribution is 5.95. The van der Waals surface area contributed by atoms with Crippen molar-refractivity contribution < 1.29 is 14.1 Å². The Balaban J connectivity index is 1.82. The van der Waals surface area contributed by atoms with Gasteiger partial charge in [-0.15, -0.1) is 5.11 Å². The number of aromatic nitrogens is 4. The van der Waals surface area contributed by atoms with Crippen molar-refractivity contribution in [2.24, 2.45) is 10.3 Å². The summed E-state index contributed by atoms with van der Waals surface area (Å²) in [6.45, 7) is 5.53. The molecule has 3 aromatic rings. The van der Waals surface area contributed by atoms with E-state index in [9.17, 15) is 4.79 Å². The summed E-state index contributed by atoms with van der Waals surface area (Å²) >= 11 is 0. The molecular formula is C15H18N10O3. The van der Waals surface area contributed by atoms with Gasteiger partial charge in [0.2, 0.25) is 23.4 Å². The minimum absolute atomic E-state index is 0.00581. The van der Waals surface area contributed by atoms with Crippen molar-refractivity contribution in [1.29, 1.82) is 0 Å². The number of benzene rings is 1. The molecule has 2 aromatic heterocycles. The molecule has 146 valence electrons. The lowest BCUT2D eigenvalue weighted by molar-refractivity contribution is -0.115. The molecule has 28 heavy (non-hydrogen) atoms. The van der Waals surface area contributed by atoms with Crippen LogP contribution in [0.4, 0.5) is 29.0 Å². The van der Waals surface area contributed by atoms with Crippen LogP contribution in [0.5, 0.6) is 0 Å². The van der Waals surface area contributed by atoms with Gasteiger partial charge in [-0.2, -0.15) is 0 Å². The molecule has 2 heterocycles. The fourth-order valence-electron chi connectivity index (χ4n) is 2.57. The smallest absolute Gasteiger partial charge is 0.263 e. The van der Waals surface area contributed by atoms with Gasteiger partial charge in [0.1, 0.15) is 6.54 Å². The van der Waals surface area contributed by atoms with E-state index in [1.807, 2.05) is 32.9 Å². The van der Waals surface area contributed by atoms with E-state index in [0.29, 0.717) is 5.69 Å². The number of carbonyl (C=O) groups excluding carboxylic acids is 1. The second-order valence-corrected chi connectivity index (χ2v) is 6.02. The highest BCUT2D eigenvalue weighted by Gasteiger charge is 2.20. The zero-order valence-electron chi connectivity index (χ0n) is 15.4. The summed E-state index contributed by atoms with van der Waals surface area (Å²) in [5, 5.41) is 25.6. The number of aryl methyl sites for hydroxylation is 3. The van der Waals surface area contributed by atoms with Crippen LogP contribution in [0.3, 0.4) is 0 Å². The van der Waals surface area contributed by atoms with Crippen molar-refractivity contribution in [3.63, 3.8) is 0 Å². The van der Waals surface area contributed by atoms with Gasteiger partial charge in [0.15, 0.2) is 0 Å². The Morgan fingerprint density at radius 3 is 2.29 bits per heavy atom. The Hall–Kier alpha value is -4.03. The molecule has 5 N–H and O–H groups in total. The number of hydrogen-bond donors (Lipinski definition) is 3. The van der Waals surface area contributed by atoms with Gasteiger partial charge < -0.3 is 16.8 Å². The summed E-state index contributed by atoms with van der Waals surface area (Å²) in [7, 11) is 0. The third-order valence-corrected chi connectivity index (χ3v) is 3.72. The summed E-state index contributed by atoms with van der Waals surface area (Å²) in [5.74, 6) is -0.578. The van der Waals surface area contributed by atoms with Gasteiger partial charge in [0.05, 0.1) is 0 Å². The quantitative estimate of drug-likeness (QED) is 0.415. The fraction of sp³-hybridized carbons (Fsp3) is 0.267. The molecule has 1 amide bonds. The van der Waals surface area contributed by atoms with Crippen LogP contribution in [-0.2, 0) is 4.79 Å². The van der Waals surface area contributed by atoms with Gasteiger partial charge in [-0.1, -0.05) is 22.9 Å². The summed E-state index contributed by atoms with van der Waals surface area (Å²) in [6, 6.07) is 3.94. The van der Waals surface area contributed by atoms with Crippen LogP contribution in [0.25, 0.3) is 0 Å². The number of nitrogens with one attached hydrogen (secondary N) is 1. The maximum Gasteiger partial charge on any atom is 0.263 e. The van der Waals surface area contributed by atoms with E-state index < -0.39 is 0 Å². The van der Waals surface area contributed by atoms with Crippen LogP contribution in [0.1, 0.15) is 16.7 Å². The van der Waals surface area contributed by atoms with Crippen molar-refractivity contribution in [3.8, 4) is 0 Å². The number of carbonyl (C=O) groups is 1. The van der Waals surface area contributed by atoms with Crippen molar-refractivity contribution in [2.75, 3.05) is 28.3 Å². The van der Waals surface area contributed by atoms with E-state index in [4.69, 9.17) is 11.5 Å². The van der Waals surface area contributed by atoms with Crippen LogP contribution in [0, 0.1) is 20.8 Å². The predicted molar refractivity (Wildman–Crippen MR) is 98.6 cm³/mol. The molecule has 0 fully saturated rings. The molecule has 0 saturated carbocycles. The maximum atomic E-state index is 12.6. The number of nitrogens with two attached hydrogens (primary N) is 2. The molecule has 0 spiro atoms. The lowest BCUT2D eigenvalue weighted by Crippen LogP contribution is -2.30. The van der Waals surface area contributed by atoms with Crippen molar-refractivity contribution in [3.05, 3.63) is 28.8 Å². The van der Waals surface area contributed by atoms with Crippen molar-refractivity contribution in [2.45, 2.75) is 20.8 Å². The second-order valence-electron chi connectivity index (χ2n) is 6.02. The van der Waals surface area contributed by atoms with E-state index >= 15 is 0 Å². The van der Waals surface area contributed by atoms with E-state index in [-0.39, 0.29) is 35.7 Å². The normalized spacial score (nSPS) is 11.1. The molecule has 0 saturated heterocycles. The average molecular weight is 386 g/mol. The summed E-state index contributed by atoms with van der Waals surface area (Å²) in [5.41, 5.74) is 14.9. The van der Waals surface area contributed by atoms with Crippen LogP contribution < -0.4 is 21.8 Å². The molecule has 0 radical (unpaired) electrons. The van der Waals surface area contributed by atoms with Crippen LogP contribution in [-0.4, -0.2) is 33.1 Å². The summed E-state index contributed by atoms with van der Waals surface area (Å²) in [4.78, 5) is 12.6. The minimum Gasteiger partial charge on any atom is -0.378 e. The van der Waals surface area contributed by atoms with Crippen molar-refractivity contribution in [1.82, 2.24) is 20.6 Å². The summed E-state index contributed by atoms with van der Waals surface area (Å²) in [6.07, 6.45) is 0. The maximum absolute atomic E-state index is 12.6. The Morgan fingerprint density at radius 2 is 1.71 bits per heavy atom. The zero-order valence-corrected chi connectivity index (χ0v) is 15.4. The lowest BCUT2D eigenvalue weighted by atomic mass is 10.1. The zero-order chi connectivity index (χ0) is 20.3. The molecule has 0 aliphatic rings. The van der Waals surface area contributed by atoms with Gasteiger partial charge in [-0.05, 0) is 52.5 Å². The molecule has 0 aliphatic carbocycles. The Labute approximate surface area is 158 Å². The second kappa shape index (κ2) is 7.69. The first-order valence-corrected chi connectivity index (χ1v) is 8.08. The van der Waals surface area contributed by atoms with E-state index in [0.717, 1.165) is 21.7 Å². The Morgan fingerprint density at radius 1 is 1.07 bits per heavy atom. The SMILES string of the molecule is Cc1cc(C)c(NC(=O)CN(N=Nc2nonc2N)c2nonc2N)c(C)c1. The molecule has 3 rings (SSSR count). The number of nitrogen functional groups attached to an aromatic ring is 2. The van der Waals surface area contributed by atoms with Gasteiger partial charge in [0, 0.05) is 5.69 Å². The average Bonchev–Trinajstić information content (AvgIpc) is 3.23. The summed E-state index contributed by atoms with van der Waals surface area (Å²) < 4.78 is 9.01. The molecule has 13 heteroatoms. The van der Waals surface area contributed by atoms with E-state index in [1.54, 1.807) is 0 Å². The molecule has 1 aromatic carbocycles. The number of hydrogen-bond acceptors (Lipinski definition) is 11. The number of nitrogens with zero attached hydrogens (tertiary/aromatic N) is 7. The molecule has 0 aliphatic heterocycles. The van der Waals surface area contributed by atoms with Crippen LogP contribution in [0.15, 0.2) is 31.7 Å². The highest BCUT2D eigenvalue weighted by atomic mass is 16.6. The van der Waals surface area contributed by atoms with Crippen LogP contribution in [0.2, 0.25) is 0 Å². The molecular weight excluding hydrogens is 368 g/mol. The van der Waals surface area contributed by atoms with Gasteiger partial charge in [0.25, 0.3) is 5.82 Å². The topological polar surface area (TPSA) is 187 Å². The number of amides is 1. The third kappa shape index (κ3) is 4.03. The Bertz CT molecular complexity index is 1000. The van der Waals surface area contributed by atoms with Gasteiger partial charge in [-0.25, -0.2) is 14.3 Å². The Kier molecular flexibility index (Phi) is 5.15. The number of rotatable bonds is 6. The molecule has 0 unspecified atom stereocenters. The standard InChI is InChI=1S/C15H18N10O3/c1-7-4-8(2)11(9(3)5-7)18-10(26)6-25(15-13(17)21-28-23-15)24-19-14-12(16)20-27-22-14/h4-5H,6H2,1-3H3,(H2,16,20)(H2,17,21)(H,18,26). The molecule has 0 atom stereocenters. The molecule has 0 bridgehead atoms. The minimum atomic E-state index is -0.386. The number of anilines is 4. The predicted octanol–water partition coefficient (Wildman–Crippen LogP) is 1.69. The van der Waals surface area contributed by atoms with E-state index in [1.165, 1.54) is 0 Å². The van der Waals surface area contributed by atoms with Crippen molar-refractivity contribution >= 4 is 34.9 Å². The largest absolute Gasteiger partial charge is 0.378 e. The fourth-order valence-corrected chi connectivity index (χ4v) is 2.57. The first kappa shape index (κ1) is 18.8.